The largest absolute Gasteiger partial charge is 0.419 e. The Morgan fingerprint density at radius 3 is 2.44 bits per heavy atom. The zero-order valence-electron chi connectivity index (χ0n) is 18.8. The monoisotopic (exact) mass is 498 g/mol. The molecule has 3 fully saturated rings. The molecule has 184 valence electrons. The van der Waals surface area contributed by atoms with Gasteiger partial charge in [0.05, 0.1) is 11.7 Å². The van der Waals surface area contributed by atoms with Crippen LogP contribution in [0, 0.1) is 0 Å². The van der Waals surface area contributed by atoms with Crippen LogP contribution in [-0.2, 0) is 15.7 Å². The summed E-state index contributed by atoms with van der Waals surface area (Å²) < 4.78 is 47.8. The van der Waals surface area contributed by atoms with E-state index < -0.39 is 23.3 Å². The fourth-order valence-corrected chi connectivity index (χ4v) is 5.36. The first kappa shape index (κ1) is 23.4. The minimum absolute atomic E-state index is 0.0628. The molecule has 0 radical (unpaired) electrons. The predicted molar refractivity (Wildman–Crippen MR) is 118 cm³/mol. The van der Waals surface area contributed by atoms with E-state index in [1.165, 1.54) is 11.1 Å². The lowest BCUT2D eigenvalue weighted by Gasteiger charge is -2.41. The molecule has 0 spiro atoms. The van der Waals surface area contributed by atoms with Crippen molar-refractivity contribution in [2.75, 3.05) is 26.7 Å². The molecule has 2 aliphatic carbocycles. The number of nitrogens with zero attached hydrogens (tertiary/aromatic N) is 4. The van der Waals surface area contributed by atoms with E-state index in [1.54, 1.807) is 7.11 Å². The van der Waals surface area contributed by atoms with Gasteiger partial charge in [0.2, 0.25) is 5.91 Å². The lowest BCUT2D eigenvalue weighted by Crippen LogP contribution is -2.56. The summed E-state index contributed by atoms with van der Waals surface area (Å²) in [4.78, 5) is 33.2. The number of hydrogen-bond donors (Lipinski definition) is 0. The minimum atomic E-state index is -4.63. The van der Waals surface area contributed by atoms with Crippen LogP contribution in [0.3, 0.4) is 0 Å². The summed E-state index contributed by atoms with van der Waals surface area (Å²) in [6.07, 6.45) is 2.22. The fourth-order valence-electron chi connectivity index (χ4n) is 5.11. The molecule has 7 nitrogen and oxygen atoms in total. The van der Waals surface area contributed by atoms with Crippen LogP contribution >= 0.6 is 11.6 Å². The Labute approximate surface area is 199 Å². The SMILES string of the molecule is COC1CCC(N2CCN(C(=O)c3nc4c(C(F)(F)F)cc(C5CC5)cn4c3Cl)CC2=O)CC1. The third-order valence-corrected chi connectivity index (χ3v) is 7.56. The number of carbonyl (C=O) groups excluding carboxylic acids is 2. The van der Waals surface area contributed by atoms with Gasteiger partial charge in [-0.1, -0.05) is 11.6 Å². The van der Waals surface area contributed by atoms with Crippen LogP contribution in [0.2, 0.25) is 5.15 Å². The number of piperazine rings is 1. The van der Waals surface area contributed by atoms with Crippen LogP contribution in [0.15, 0.2) is 12.3 Å². The van der Waals surface area contributed by atoms with E-state index in [0.29, 0.717) is 12.1 Å². The molecule has 3 heterocycles. The first-order valence-corrected chi connectivity index (χ1v) is 12.0. The van der Waals surface area contributed by atoms with Crippen LogP contribution in [0.1, 0.15) is 66.1 Å². The van der Waals surface area contributed by atoms with Gasteiger partial charge in [-0.15, -0.1) is 0 Å². The van der Waals surface area contributed by atoms with Gasteiger partial charge in [-0.3, -0.25) is 14.0 Å². The summed E-state index contributed by atoms with van der Waals surface area (Å²) in [5.74, 6) is -0.744. The highest BCUT2D eigenvalue weighted by atomic mass is 35.5. The van der Waals surface area contributed by atoms with Crippen molar-refractivity contribution < 1.29 is 27.5 Å². The molecule has 2 saturated carbocycles. The number of hydrogen-bond acceptors (Lipinski definition) is 4. The number of halogens is 4. The summed E-state index contributed by atoms with van der Waals surface area (Å²) in [6, 6.07) is 1.22. The van der Waals surface area contributed by atoms with E-state index >= 15 is 0 Å². The maximum absolute atomic E-state index is 13.7. The summed E-state index contributed by atoms with van der Waals surface area (Å²) in [5, 5.41) is -0.166. The molecule has 1 aliphatic heterocycles. The van der Waals surface area contributed by atoms with Crippen LogP contribution in [-0.4, -0.2) is 69.9 Å². The molecular formula is C23H26ClF3N4O3. The normalized spacial score (nSPS) is 24.2. The van der Waals surface area contributed by atoms with E-state index in [9.17, 15) is 22.8 Å². The second-order valence-electron chi connectivity index (χ2n) is 9.38. The molecule has 2 aromatic heterocycles. The zero-order valence-corrected chi connectivity index (χ0v) is 19.5. The maximum Gasteiger partial charge on any atom is 0.419 e. The number of methoxy groups -OCH3 is 1. The van der Waals surface area contributed by atoms with Crippen LogP contribution < -0.4 is 0 Å². The van der Waals surface area contributed by atoms with E-state index in [-0.39, 0.29) is 47.9 Å². The van der Waals surface area contributed by atoms with Crippen molar-refractivity contribution in [3.05, 3.63) is 34.2 Å². The molecule has 2 amide bonds. The molecule has 5 rings (SSSR count). The average molecular weight is 499 g/mol. The smallest absolute Gasteiger partial charge is 0.381 e. The molecule has 2 aromatic rings. The van der Waals surface area contributed by atoms with Gasteiger partial charge in [0.15, 0.2) is 11.3 Å². The van der Waals surface area contributed by atoms with Crippen LogP contribution in [0.4, 0.5) is 13.2 Å². The predicted octanol–water partition coefficient (Wildman–Crippen LogP) is 4.13. The lowest BCUT2D eigenvalue weighted by molar-refractivity contribution is -0.139. The molecule has 0 bridgehead atoms. The van der Waals surface area contributed by atoms with Gasteiger partial charge in [-0.2, -0.15) is 13.2 Å². The lowest BCUT2D eigenvalue weighted by atomic mass is 9.91. The highest BCUT2D eigenvalue weighted by Gasteiger charge is 2.39. The number of amides is 2. The fraction of sp³-hybridized carbons (Fsp3) is 0.609. The van der Waals surface area contributed by atoms with E-state index in [1.807, 2.05) is 4.90 Å². The molecule has 0 unspecified atom stereocenters. The van der Waals surface area contributed by atoms with E-state index in [2.05, 4.69) is 4.98 Å². The minimum Gasteiger partial charge on any atom is -0.381 e. The van der Waals surface area contributed by atoms with Crippen molar-refractivity contribution in [3.63, 3.8) is 0 Å². The standard InChI is InChI=1S/C23H26ClF3N4O3/c1-34-16-6-4-15(5-7-16)30-9-8-29(12-18(30)32)22(33)19-20(24)31-11-14(13-2-3-13)10-17(21(31)28-19)23(25,26)27/h10-11,13,15-16H,2-9,12H2,1H3. The zero-order chi connectivity index (χ0) is 24.2. The number of aromatic nitrogens is 2. The van der Waals surface area contributed by atoms with Gasteiger partial charge >= 0.3 is 6.18 Å². The van der Waals surface area contributed by atoms with Gasteiger partial charge in [-0.25, -0.2) is 4.98 Å². The van der Waals surface area contributed by atoms with Crippen molar-refractivity contribution >= 4 is 29.1 Å². The topological polar surface area (TPSA) is 67.2 Å². The number of pyridine rings is 1. The molecule has 0 N–H and O–H groups in total. The number of imidazole rings is 1. The molecule has 0 atom stereocenters. The summed E-state index contributed by atoms with van der Waals surface area (Å²) in [6.45, 7) is 0.503. The van der Waals surface area contributed by atoms with Crippen molar-refractivity contribution in [2.45, 2.75) is 62.8 Å². The van der Waals surface area contributed by atoms with Crippen molar-refractivity contribution in [2.24, 2.45) is 0 Å². The Bertz CT molecular complexity index is 1120. The number of alkyl halides is 3. The molecular weight excluding hydrogens is 473 g/mol. The second-order valence-corrected chi connectivity index (χ2v) is 9.74. The summed E-state index contributed by atoms with van der Waals surface area (Å²) >= 11 is 6.38. The number of rotatable bonds is 4. The average Bonchev–Trinajstić information content (AvgIpc) is 3.61. The van der Waals surface area contributed by atoms with Gasteiger partial charge in [-0.05, 0) is 56.1 Å². The van der Waals surface area contributed by atoms with Crippen LogP contribution in [0.25, 0.3) is 5.65 Å². The molecule has 34 heavy (non-hydrogen) atoms. The molecule has 3 aliphatic rings. The Hall–Kier alpha value is -2.33. The van der Waals surface area contributed by atoms with Gasteiger partial charge in [0, 0.05) is 32.4 Å². The maximum atomic E-state index is 13.7. The van der Waals surface area contributed by atoms with E-state index in [4.69, 9.17) is 16.3 Å². The highest BCUT2D eigenvalue weighted by molar-refractivity contribution is 6.33. The molecule has 0 aromatic carbocycles. The Morgan fingerprint density at radius 1 is 1.15 bits per heavy atom. The number of ether oxygens (including phenoxy) is 1. The quantitative estimate of drug-likeness (QED) is 0.636. The number of carbonyl (C=O) groups is 2. The van der Waals surface area contributed by atoms with Crippen molar-refractivity contribution in [3.8, 4) is 0 Å². The Balaban J connectivity index is 1.37. The highest BCUT2D eigenvalue weighted by Crippen LogP contribution is 2.43. The van der Waals surface area contributed by atoms with Gasteiger partial charge in [0.1, 0.15) is 11.7 Å². The summed E-state index contributed by atoms with van der Waals surface area (Å²) in [5.41, 5.74) is -1.04. The Morgan fingerprint density at radius 2 is 1.85 bits per heavy atom. The summed E-state index contributed by atoms with van der Waals surface area (Å²) in [7, 11) is 1.69. The first-order valence-electron chi connectivity index (χ1n) is 11.6. The van der Waals surface area contributed by atoms with E-state index in [0.717, 1.165) is 49.0 Å². The van der Waals surface area contributed by atoms with Crippen molar-refractivity contribution in [1.82, 2.24) is 19.2 Å². The molecule has 11 heteroatoms. The van der Waals surface area contributed by atoms with Gasteiger partial charge in [0.25, 0.3) is 5.91 Å². The molecule has 1 saturated heterocycles. The third-order valence-electron chi connectivity index (χ3n) is 7.20. The second kappa shape index (κ2) is 8.71. The Kier molecular flexibility index (Phi) is 6.00. The first-order chi connectivity index (χ1) is 16.2. The number of fused-ring (bicyclic) bond motifs is 1. The third kappa shape index (κ3) is 4.26. The van der Waals surface area contributed by atoms with Crippen molar-refractivity contribution in [1.29, 1.82) is 0 Å². The van der Waals surface area contributed by atoms with Gasteiger partial charge < -0.3 is 14.5 Å². The van der Waals surface area contributed by atoms with Crippen LogP contribution in [0.5, 0.6) is 0 Å².